The van der Waals surface area contributed by atoms with Gasteiger partial charge in [0.1, 0.15) is 0 Å². The zero-order chi connectivity index (χ0) is 12.2. The molecule has 0 saturated heterocycles. The van der Waals surface area contributed by atoms with Crippen LogP contribution in [0, 0.1) is 0 Å². The smallest absolute Gasteiger partial charge is 0.281 e. The van der Waals surface area contributed by atoms with Crippen molar-refractivity contribution in [2.75, 3.05) is 11.3 Å². The van der Waals surface area contributed by atoms with Gasteiger partial charge < -0.3 is 0 Å². The molecule has 0 aliphatic rings. The maximum Gasteiger partial charge on any atom is 0.281 e. The Labute approximate surface area is 81.0 Å². The monoisotopic (exact) mass is 272 g/mol. The number of rotatable bonds is 2. The van der Waals surface area contributed by atoms with Gasteiger partial charge in [-0.25, -0.2) is 0 Å². The first-order valence-corrected chi connectivity index (χ1v) is 7.60. The molecular weight excluding hydrogens is 264 g/mol. The van der Waals surface area contributed by atoms with E-state index in [-0.39, 0.29) is 0 Å². The Bertz CT molecular complexity index is 410. The molecule has 0 aliphatic heterocycles. The van der Waals surface area contributed by atoms with Crippen LogP contribution in [-0.2, 0) is 30.4 Å². The highest BCUT2D eigenvalue weighted by molar-refractivity contribution is 8.02. The van der Waals surface area contributed by atoms with Crippen LogP contribution in [0.3, 0.4) is 0 Å². The minimum Gasteiger partial charge on any atom is -0.286 e. The van der Waals surface area contributed by atoms with E-state index in [1.165, 1.54) is 0 Å². The number of hydrogen-bond acceptors (Lipinski definition) is 6. The van der Waals surface area contributed by atoms with E-state index in [9.17, 15) is 25.3 Å². The molecule has 0 aromatic carbocycles. The summed E-state index contributed by atoms with van der Waals surface area (Å²) in [6, 6.07) is 0. The van der Waals surface area contributed by atoms with E-state index in [4.69, 9.17) is 13.7 Å². The van der Waals surface area contributed by atoms with Crippen LogP contribution in [0.1, 0.15) is 0 Å². The van der Waals surface area contributed by atoms with Crippen molar-refractivity contribution in [3.63, 3.8) is 0 Å². The average Bonchev–Trinajstić information content (AvgIpc) is 1.42. The minimum absolute atomic E-state index is 0.715. The van der Waals surface area contributed by atoms with Gasteiger partial charge in [-0.2, -0.15) is 25.3 Å². The van der Waals surface area contributed by atoms with Gasteiger partial charge in [-0.1, -0.05) is 0 Å². The zero-order valence-electron chi connectivity index (χ0n) is 6.72. The second-order valence-electron chi connectivity index (χ2n) is 2.01. The SMILES string of the molecule is CS(=O)(=O)O.O=S(=O)(O)CS(=O)(=O)O. The van der Waals surface area contributed by atoms with Crippen LogP contribution in [0.25, 0.3) is 0 Å². The lowest BCUT2D eigenvalue weighted by molar-refractivity contribution is 0.471. The standard InChI is InChI=1S/CH4O6S2.CH4O3S/c2-8(3,4)1-9(5,6)7;1-5(2,3)4/h1H2,(H,2,3,4)(H,5,6,7);1H3,(H,2,3,4). The predicted molar refractivity (Wildman–Crippen MR) is 45.4 cm³/mol. The van der Waals surface area contributed by atoms with Crippen molar-refractivity contribution in [2.24, 2.45) is 0 Å². The molecule has 0 rings (SSSR count). The fourth-order valence-corrected chi connectivity index (χ4v) is 1.69. The van der Waals surface area contributed by atoms with Gasteiger partial charge in [-0.3, -0.25) is 13.7 Å². The molecule has 3 N–H and O–H groups in total. The summed E-state index contributed by atoms with van der Waals surface area (Å²) in [6.07, 6.45) is 0.715. The second kappa shape index (κ2) is 4.99. The van der Waals surface area contributed by atoms with Gasteiger partial charge >= 0.3 is 0 Å². The van der Waals surface area contributed by atoms with Gasteiger partial charge in [-0.05, 0) is 0 Å². The van der Waals surface area contributed by atoms with E-state index in [0.29, 0.717) is 6.26 Å². The summed E-state index contributed by atoms with van der Waals surface area (Å²) in [5.74, 6) is 0. The van der Waals surface area contributed by atoms with Gasteiger partial charge in [0.2, 0.25) is 5.08 Å². The molecular formula is C2H8O9S3. The van der Waals surface area contributed by atoms with Gasteiger partial charge in [0, 0.05) is 0 Å². The van der Waals surface area contributed by atoms with Crippen LogP contribution in [0.15, 0.2) is 0 Å². The fraction of sp³-hybridized carbons (Fsp3) is 1.00. The molecule has 0 spiro atoms. The third-order valence-corrected chi connectivity index (χ3v) is 2.68. The predicted octanol–water partition coefficient (Wildman–Crippen LogP) is -1.78. The van der Waals surface area contributed by atoms with Crippen LogP contribution in [-0.4, -0.2) is 50.3 Å². The molecule has 0 aliphatic carbocycles. The summed E-state index contributed by atoms with van der Waals surface area (Å²) >= 11 is 0. The topological polar surface area (TPSA) is 163 Å². The minimum atomic E-state index is -4.62. The molecule has 0 radical (unpaired) electrons. The Morgan fingerprint density at radius 3 is 0.929 bits per heavy atom. The summed E-state index contributed by atoms with van der Waals surface area (Å²) in [5.41, 5.74) is 0. The normalized spacial score (nSPS) is 12.9. The van der Waals surface area contributed by atoms with Crippen LogP contribution in [0.5, 0.6) is 0 Å². The highest BCUT2D eigenvalue weighted by Gasteiger charge is 2.15. The van der Waals surface area contributed by atoms with Crippen LogP contribution >= 0.6 is 0 Å². The van der Waals surface area contributed by atoms with Gasteiger partial charge in [0.15, 0.2) is 0 Å². The van der Waals surface area contributed by atoms with Crippen LogP contribution in [0.4, 0.5) is 0 Å². The Morgan fingerprint density at radius 2 is 0.929 bits per heavy atom. The summed E-state index contributed by atoms with van der Waals surface area (Å²) < 4.78 is 80.1. The van der Waals surface area contributed by atoms with Crippen LogP contribution < -0.4 is 0 Å². The van der Waals surface area contributed by atoms with E-state index in [2.05, 4.69) is 0 Å². The summed E-state index contributed by atoms with van der Waals surface area (Å²) in [7, 11) is -12.9. The van der Waals surface area contributed by atoms with Gasteiger partial charge in [0.05, 0.1) is 6.26 Å². The molecule has 0 saturated carbocycles. The lowest BCUT2D eigenvalue weighted by Gasteiger charge is -1.89. The van der Waals surface area contributed by atoms with Crippen LogP contribution in [0.2, 0.25) is 0 Å². The fourth-order valence-electron chi connectivity index (χ4n) is 0.188. The molecule has 0 unspecified atom stereocenters. The number of hydrogen-bond donors (Lipinski definition) is 3. The first-order valence-electron chi connectivity index (χ1n) is 2.53. The molecule has 88 valence electrons. The highest BCUT2D eigenvalue weighted by atomic mass is 32.3. The molecule has 0 aromatic heterocycles. The third-order valence-electron chi connectivity index (χ3n) is 0.298. The first-order chi connectivity index (χ1) is 5.71. The largest absolute Gasteiger partial charge is 0.286 e. The van der Waals surface area contributed by atoms with Crippen molar-refractivity contribution < 1.29 is 38.9 Å². The van der Waals surface area contributed by atoms with Crippen molar-refractivity contribution in [2.45, 2.75) is 0 Å². The molecule has 9 nitrogen and oxygen atoms in total. The summed E-state index contributed by atoms with van der Waals surface area (Å²) in [5, 5.41) is -1.65. The molecule has 0 aromatic rings. The van der Waals surface area contributed by atoms with Crippen molar-refractivity contribution in [1.29, 1.82) is 0 Å². The molecule has 0 heterocycles. The van der Waals surface area contributed by atoms with Crippen molar-refractivity contribution in [3.8, 4) is 0 Å². The second-order valence-corrected chi connectivity index (χ2v) is 6.75. The van der Waals surface area contributed by atoms with E-state index in [1.807, 2.05) is 0 Å². The van der Waals surface area contributed by atoms with Gasteiger partial charge in [-0.15, -0.1) is 0 Å². The van der Waals surface area contributed by atoms with E-state index < -0.39 is 35.4 Å². The van der Waals surface area contributed by atoms with Gasteiger partial charge in [0.25, 0.3) is 30.4 Å². The maximum atomic E-state index is 9.66. The summed E-state index contributed by atoms with van der Waals surface area (Å²) in [6.45, 7) is 0. The first kappa shape index (κ1) is 16.2. The average molecular weight is 272 g/mol. The molecule has 0 amide bonds. The lowest BCUT2D eigenvalue weighted by Crippen LogP contribution is -2.13. The molecule has 0 fully saturated rings. The zero-order valence-corrected chi connectivity index (χ0v) is 9.17. The Balaban J connectivity index is 0. The van der Waals surface area contributed by atoms with Crippen molar-refractivity contribution >= 4 is 30.4 Å². The lowest BCUT2D eigenvalue weighted by atomic mass is 11.9. The molecule has 0 bridgehead atoms. The maximum absolute atomic E-state index is 9.66. The quantitative estimate of drug-likeness (QED) is 0.493. The highest BCUT2D eigenvalue weighted by Crippen LogP contribution is 1.88. The third kappa shape index (κ3) is 41.1. The van der Waals surface area contributed by atoms with E-state index in [1.54, 1.807) is 0 Å². The van der Waals surface area contributed by atoms with Crippen molar-refractivity contribution in [1.82, 2.24) is 0 Å². The molecule has 0 atom stereocenters. The van der Waals surface area contributed by atoms with Crippen molar-refractivity contribution in [3.05, 3.63) is 0 Å². The molecule has 12 heteroatoms. The Hall–Kier alpha value is -0.270. The summed E-state index contributed by atoms with van der Waals surface area (Å²) in [4.78, 5) is 0. The van der Waals surface area contributed by atoms with E-state index in [0.717, 1.165) is 0 Å². The Kier molecular flexibility index (Phi) is 5.77. The van der Waals surface area contributed by atoms with E-state index >= 15 is 0 Å². The molecule has 14 heavy (non-hydrogen) atoms. The Morgan fingerprint density at radius 1 is 0.786 bits per heavy atom.